The maximum atomic E-state index is 3.59. The highest BCUT2D eigenvalue weighted by Crippen LogP contribution is 2.31. The smallest absolute Gasteiger partial charge is 0.00179 e. The van der Waals surface area contributed by atoms with Gasteiger partial charge in [-0.05, 0) is 61.2 Å². The Hall–Kier alpha value is -0.820. The Labute approximate surface area is 131 Å². The van der Waals surface area contributed by atoms with Gasteiger partial charge in [0.25, 0.3) is 0 Å². The van der Waals surface area contributed by atoms with Crippen LogP contribution in [-0.4, -0.2) is 13.1 Å². The van der Waals surface area contributed by atoms with E-state index in [4.69, 9.17) is 0 Å². The van der Waals surface area contributed by atoms with E-state index < -0.39 is 0 Å². The molecule has 0 bridgehead atoms. The predicted octanol–water partition coefficient (Wildman–Crippen LogP) is 5.16. The fourth-order valence-electron chi connectivity index (χ4n) is 3.67. The van der Waals surface area contributed by atoms with Crippen LogP contribution < -0.4 is 5.32 Å². The van der Waals surface area contributed by atoms with E-state index in [1.807, 2.05) is 0 Å². The minimum Gasteiger partial charge on any atom is -0.317 e. The Balaban J connectivity index is 1.99. The molecule has 1 aromatic carbocycles. The molecule has 2 unspecified atom stereocenters. The van der Waals surface area contributed by atoms with E-state index in [0.717, 1.165) is 18.4 Å². The van der Waals surface area contributed by atoms with Gasteiger partial charge in [0, 0.05) is 0 Å². The molecule has 0 saturated heterocycles. The second-order valence-electron chi connectivity index (χ2n) is 7.07. The molecule has 1 aliphatic rings. The van der Waals surface area contributed by atoms with Crippen molar-refractivity contribution < 1.29 is 0 Å². The van der Waals surface area contributed by atoms with Crippen LogP contribution in [0.4, 0.5) is 0 Å². The van der Waals surface area contributed by atoms with Gasteiger partial charge in [-0.3, -0.25) is 0 Å². The van der Waals surface area contributed by atoms with Crippen LogP contribution in [0.25, 0.3) is 0 Å². The summed E-state index contributed by atoms with van der Waals surface area (Å²) < 4.78 is 0. The summed E-state index contributed by atoms with van der Waals surface area (Å²) in [6.45, 7) is 9.08. The van der Waals surface area contributed by atoms with E-state index in [9.17, 15) is 0 Å². The third-order valence-corrected chi connectivity index (χ3v) is 5.12. The van der Waals surface area contributed by atoms with Gasteiger partial charge in [0.15, 0.2) is 0 Å². The van der Waals surface area contributed by atoms with Gasteiger partial charge in [-0.25, -0.2) is 0 Å². The number of nitrogens with one attached hydrogen (secondary N) is 1. The average molecular weight is 287 g/mol. The first-order chi connectivity index (χ1) is 10.2. The minimum absolute atomic E-state index is 0.637. The Morgan fingerprint density at radius 1 is 1.00 bits per heavy atom. The molecule has 2 atom stereocenters. The van der Waals surface area contributed by atoms with Crippen molar-refractivity contribution in [1.29, 1.82) is 0 Å². The van der Waals surface area contributed by atoms with Crippen molar-refractivity contribution in [2.45, 2.75) is 65.2 Å². The SMILES string of the molecule is CCNCC1CCCCCC1Cc1ccc(C(C)C)cc1. The van der Waals surface area contributed by atoms with E-state index in [2.05, 4.69) is 50.4 Å². The van der Waals surface area contributed by atoms with Gasteiger partial charge >= 0.3 is 0 Å². The molecule has 1 fully saturated rings. The van der Waals surface area contributed by atoms with Crippen LogP contribution in [0.1, 0.15) is 69.9 Å². The molecule has 0 spiro atoms. The van der Waals surface area contributed by atoms with Crippen molar-refractivity contribution in [1.82, 2.24) is 5.32 Å². The Morgan fingerprint density at radius 2 is 1.67 bits per heavy atom. The van der Waals surface area contributed by atoms with Gasteiger partial charge in [-0.1, -0.05) is 64.3 Å². The van der Waals surface area contributed by atoms with E-state index in [0.29, 0.717) is 5.92 Å². The zero-order chi connectivity index (χ0) is 15.1. The largest absolute Gasteiger partial charge is 0.317 e. The summed E-state index contributed by atoms with van der Waals surface area (Å²) in [4.78, 5) is 0. The molecule has 1 heteroatoms. The first kappa shape index (κ1) is 16.5. The van der Waals surface area contributed by atoms with Crippen LogP contribution in [0.3, 0.4) is 0 Å². The van der Waals surface area contributed by atoms with Crippen molar-refractivity contribution in [2.24, 2.45) is 11.8 Å². The lowest BCUT2D eigenvalue weighted by Gasteiger charge is -2.25. The van der Waals surface area contributed by atoms with Crippen LogP contribution in [0.15, 0.2) is 24.3 Å². The second kappa shape index (κ2) is 8.58. The lowest BCUT2D eigenvalue weighted by Crippen LogP contribution is -2.28. The third-order valence-electron chi connectivity index (χ3n) is 5.12. The molecule has 118 valence electrons. The van der Waals surface area contributed by atoms with Crippen LogP contribution >= 0.6 is 0 Å². The van der Waals surface area contributed by atoms with Gasteiger partial charge in [-0.2, -0.15) is 0 Å². The summed E-state index contributed by atoms with van der Waals surface area (Å²) in [5.41, 5.74) is 3.00. The summed E-state index contributed by atoms with van der Waals surface area (Å²) in [5, 5.41) is 3.59. The van der Waals surface area contributed by atoms with E-state index >= 15 is 0 Å². The number of rotatable bonds is 6. The normalized spacial score (nSPS) is 23.2. The fraction of sp³-hybridized carbons (Fsp3) is 0.700. The molecule has 1 saturated carbocycles. The first-order valence-electron chi connectivity index (χ1n) is 9.00. The van der Waals surface area contributed by atoms with Crippen LogP contribution in [-0.2, 0) is 6.42 Å². The molecular formula is C20H33N. The summed E-state index contributed by atoms with van der Waals surface area (Å²) in [7, 11) is 0. The monoisotopic (exact) mass is 287 g/mol. The maximum Gasteiger partial charge on any atom is -0.00179 e. The third kappa shape index (κ3) is 5.14. The summed E-state index contributed by atoms with van der Waals surface area (Å²) in [6, 6.07) is 9.39. The Morgan fingerprint density at radius 3 is 2.29 bits per heavy atom. The molecule has 0 aromatic heterocycles. The zero-order valence-electron chi connectivity index (χ0n) is 14.2. The van der Waals surface area contributed by atoms with E-state index in [-0.39, 0.29) is 0 Å². The lowest BCUT2D eigenvalue weighted by atomic mass is 9.83. The summed E-state index contributed by atoms with van der Waals surface area (Å²) >= 11 is 0. The second-order valence-corrected chi connectivity index (χ2v) is 7.07. The predicted molar refractivity (Wildman–Crippen MR) is 92.8 cm³/mol. The van der Waals surface area contributed by atoms with Crippen LogP contribution in [0.2, 0.25) is 0 Å². The molecule has 0 aliphatic heterocycles. The molecule has 1 aliphatic carbocycles. The fourth-order valence-corrected chi connectivity index (χ4v) is 3.67. The first-order valence-corrected chi connectivity index (χ1v) is 9.00. The standard InChI is InChI=1S/C20H33N/c1-4-21-15-20-9-7-5-6-8-19(20)14-17-10-12-18(13-11-17)16(2)3/h10-13,16,19-21H,4-9,14-15H2,1-3H3. The topological polar surface area (TPSA) is 12.0 Å². The summed E-state index contributed by atoms with van der Waals surface area (Å²) in [6.07, 6.45) is 8.40. The molecule has 21 heavy (non-hydrogen) atoms. The number of hydrogen-bond donors (Lipinski definition) is 1. The number of benzene rings is 1. The van der Waals surface area contributed by atoms with Crippen molar-refractivity contribution in [2.75, 3.05) is 13.1 Å². The molecule has 0 radical (unpaired) electrons. The van der Waals surface area contributed by atoms with Crippen molar-refractivity contribution in [3.63, 3.8) is 0 Å². The average Bonchev–Trinajstić information content (AvgIpc) is 2.71. The quantitative estimate of drug-likeness (QED) is 0.713. The number of hydrogen-bond acceptors (Lipinski definition) is 1. The zero-order valence-corrected chi connectivity index (χ0v) is 14.2. The molecule has 0 amide bonds. The maximum absolute atomic E-state index is 3.59. The highest BCUT2D eigenvalue weighted by molar-refractivity contribution is 5.25. The van der Waals surface area contributed by atoms with Gasteiger partial charge in [0.05, 0.1) is 0 Å². The Kier molecular flexibility index (Phi) is 6.76. The van der Waals surface area contributed by atoms with Crippen molar-refractivity contribution in [3.8, 4) is 0 Å². The van der Waals surface area contributed by atoms with E-state index in [1.54, 1.807) is 0 Å². The van der Waals surface area contributed by atoms with Gasteiger partial charge in [-0.15, -0.1) is 0 Å². The summed E-state index contributed by atoms with van der Waals surface area (Å²) in [5.74, 6) is 2.38. The van der Waals surface area contributed by atoms with Gasteiger partial charge < -0.3 is 5.32 Å². The Bertz CT molecular complexity index is 393. The molecule has 1 nitrogen and oxygen atoms in total. The molecule has 1 N–H and O–H groups in total. The van der Waals surface area contributed by atoms with Crippen LogP contribution in [0.5, 0.6) is 0 Å². The van der Waals surface area contributed by atoms with E-state index in [1.165, 1.54) is 56.2 Å². The highest BCUT2D eigenvalue weighted by Gasteiger charge is 2.23. The molecular weight excluding hydrogens is 254 g/mol. The van der Waals surface area contributed by atoms with Gasteiger partial charge in [0.2, 0.25) is 0 Å². The van der Waals surface area contributed by atoms with Crippen LogP contribution in [0, 0.1) is 11.8 Å². The lowest BCUT2D eigenvalue weighted by molar-refractivity contribution is 0.299. The van der Waals surface area contributed by atoms with Crippen molar-refractivity contribution >= 4 is 0 Å². The molecule has 2 rings (SSSR count). The molecule has 0 heterocycles. The highest BCUT2D eigenvalue weighted by atomic mass is 14.8. The minimum atomic E-state index is 0.637. The molecule has 1 aromatic rings. The van der Waals surface area contributed by atoms with Gasteiger partial charge in [0.1, 0.15) is 0 Å². The van der Waals surface area contributed by atoms with Crippen molar-refractivity contribution in [3.05, 3.63) is 35.4 Å².